The summed E-state index contributed by atoms with van der Waals surface area (Å²) in [5.74, 6) is 1.52. The zero-order valence-electron chi connectivity index (χ0n) is 13.9. The number of rotatable bonds is 2. The van der Waals surface area contributed by atoms with Crippen LogP contribution in [-0.4, -0.2) is 9.97 Å². The smallest absolute Gasteiger partial charge is 0.231 e. The van der Waals surface area contributed by atoms with Crippen molar-refractivity contribution in [2.24, 2.45) is 0 Å². The van der Waals surface area contributed by atoms with E-state index in [1.165, 1.54) is 40.5 Å². The van der Waals surface area contributed by atoms with Gasteiger partial charge < -0.3 is 4.74 Å². The minimum atomic E-state index is 0.694. The molecule has 0 fully saturated rings. The number of hydrogen-bond acceptors (Lipinski definition) is 4. The van der Waals surface area contributed by atoms with E-state index in [9.17, 15) is 0 Å². The SMILES string of the molecule is c1ccc2cc(Oc3ncnc4sc5c(c34)CCCCC5)ccc2c1. The van der Waals surface area contributed by atoms with Gasteiger partial charge in [0.15, 0.2) is 0 Å². The molecule has 0 radical (unpaired) electrons. The van der Waals surface area contributed by atoms with Gasteiger partial charge in [0, 0.05) is 4.88 Å². The predicted molar refractivity (Wildman–Crippen MR) is 103 cm³/mol. The second-order valence-electron chi connectivity index (χ2n) is 6.53. The van der Waals surface area contributed by atoms with Crippen LogP contribution in [0.25, 0.3) is 21.0 Å². The van der Waals surface area contributed by atoms with Gasteiger partial charge in [0.1, 0.15) is 16.9 Å². The monoisotopic (exact) mass is 346 g/mol. The Morgan fingerprint density at radius 2 is 1.76 bits per heavy atom. The lowest BCUT2D eigenvalue weighted by Gasteiger charge is -2.08. The zero-order chi connectivity index (χ0) is 16.6. The highest BCUT2D eigenvalue weighted by Crippen LogP contribution is 2.39. The Kier molecular flexibility index (Phi) is 3.63. The van der Waals surface area contributed by atoms with Crippen LogP contribution in [0, 0.1) is 0 Å². The van der Waals surface area contributed by atoms with Crippen molar-refractivity contribution in [3.63, 3.8) is 0 Å². The van der Waals surface area contributed by atoms with Gasteiger partial charge in [-0.1, -0.05) is 36.8 Å². The van der Waals surface area contributed by atoms with Gasteiger partial charge in [-0.3, -0.25) is 0 Å². The lowest BCUT2D eigenvalue weighted by atomic mass is 10.1. The fourth-order valence-electron chi connectivity index (χ4n) is 3.66. The lowest BCUT2D eigenvalue weighted by Crippen LogP contribution is -1.93. The quantitative estimate of drug-likeness (QED) is 0.423. The number of nitrogens with zero attached hydrogens (tertiary/aromatic N) is 2. The van der Waals surface area contributed by atoms with Crippen molar-refractivity contribution >= 4 is 32.3 Å². The highest BCUT2D eigenvalue weighted by Gasteiger charge is 2.20. The summed E-state index contributed by atoms with van der Waals surface area (Å²) in [6.45, 7) is 0. The maximum atomic E-state index is 6.22. The molecule has 2 aromatic carbocycles. The van der Waals surface area contributed by atoms with Crippen molar-refractivity contribution < 1.29 is 4.74 Å². The van der Waals surface area contributed by atoms with Gasteiger partial charge in [-0.25, -0.2) is 9.97 Å². The second kappa shape index (κ2) is 6.12. The summed E-state index contributed by atoms with van der Waals surface area (Å²) in [5.41, 5.74) is 1.41. The van der Waals surface area contributed by atoms with Crippen molar-refractivity contribution in [1.82, 2.24) is 9.97 Å². The maximum absolute atomic E-state index is 6.22. The van der Waals surface area contributed by atoms with Crippen molar-refractivity contribution in [2.75, 3.05) is 0 Å². The third-order valence-corrected chi connectivity index (χ3v) is 6.10. The molecule has 2 aromatic heterocycles. The average Bonchev–Trinajstić information content (AvgIpc) is 2.84. The van der Waals surface area contributed by atoms with Crippen molar-refractivity contribution in [3.8, 4) is 11.6 Å². The number of aromatic nitrogens is 2. The third kappa shape index (κ3) is 2.67. The first kappa shape index (κ1) is 14.8. The number of thiophene rings is 1. The van der Waals surface area contributed by atoms with Gasteiger partial charge >= 0.3 is 0 Å². The van der Waals surface area contributed by atoms with Crippen molar-refractivity contribution in [3.05, 3.63) is 59.2 Å². The summed E-state index contributed by atoms with van der Waals surface area (Å²) >= 11 is 1.81. The van der Waals surface area contributed by atoms with Crippen molar-refractivity contribution in [2.45, 2.75) is 32.1 Å². The summed E-state index contributed by atoms with van der Waals surface area (Å²) in [6, 6.07) is 14.5. The highest BCUT2D eigenvalue weighted by atomic mass is 32.1. The topological polar surface area (TPSA) is 35.0 Å². The number of aryl methyl sites for hydroxylation is 2. The molecule has 1 aliphatic carbocycles. The van der Waals surface area contributed by atoms with Crippen LogP contribution in [0.1, 0.15) is 29.7 Å². The summed E-state index contributed by atoms with van der Waals surface area (Å²) < 4.78 is 6.22. The Labute approximate surface area is 150 Å². The molecule has 4 aromatic rings. The summed E-state index contributed by atoms with van der Waals surface area (Å²) in [7, 11) is 0. The first-order valence-corrected chi connectivity index (χ1v) is 9.62. The van der Waals surface area contributed by atoms with E-state index in [1.807, 2.05) is 23.5 Å². The first-order chi connectivity index (χ1) is 12.4. The minimum Gasteiger partial charge on any atom is -0.438 e. The molecule has 1 aliphatic rings. The molecular formula is C21H18N2OS. The van der Waals surface area contributed by atoms with E-state index in [0.29, 0.717) is 5.88 Å². The Hall–Kier alpha value is -2.46. The fourth-order valence-corrected chi connectivity index (χ4v) is 4.88. The molecule has 4 heteroatoms. The summed E-state index contributed by atoms with van der Waals surface area (Å²) in [6.07, 6.45) is 7.70. The Morgan fingerprint density at radius 1 is 0.880 bits per heavy atom. The molecule has 25 heavy (non-hydrogen) atoms. The van der Waals surface area contributed by atoms with Crippen LogP contribution in [0.15, 0.2) is 48.8 Å². The average molecular weight is 346 g/mol. The summed E-state index contributed by atoms with van der Waals surface area (Å²) in [5, 5.41) is 3.51. The molecule has 0 atom stereocenters. The largest absolute Gasteiger partial charge is 0.438 e. The fraction of sp³-hybridized carbons (Fsp3) is 0.238. The van der Waals surface area contributed by atoms with Crippen LogP contribution < -0.4 is 4.74 Å². The van der Waals surface area contributed by atoms with Gasteiger partial charge in [0.05, 0.1) is 5.39 Å². The summed E-state index contributed by atoms with van der Waals surface area (Å²) in [4.78, 5) is 11.5. The predicted octanol–water partition coefficient (Wildman–Crippen LogP) is 5.91. The molecule has 0 aliphatic heterocycles. The van der Waals surface area contributed by atoms with Crippen LogP contribution in [0.2, 0.25) is 0 Å². The molecule has 5 rings (SSSR count). The Bertz CT molecular complexity index is 1070. The van der Waals surface area contributed by atoms with Gasteiger partial charge in [-0.15, -0.1) is 11.3 Å². The van der Waals surface area contributed by atoms with Crippen molar-refractivity contribution in [1.29, 1.82) is 0 Å². The van der Waals surface area contributed by atoms with Crippen LogP contribution in [0.3, 0.4) is 0 Å². The third-order valence-electron chi connectivity index (χ3n) is 4.90. The second-order valence-corrected chi connectivity index (χ2v) is 7.62. The standard InChI is InChI=1S/C21H18N2OS/c1-2-8-17-18(9-3-1)25-21-19(17)20(22-13-23-21)24-16-11-10-14-6-4-5-7-15(14)12-16/h4-7,10-13H,1-3,8-9H2. The molecule has 0 unspecified atom stereocenters. The molecule has 0 amide bonds. The van der Waals surface area contributed by atoms with E-state index in [4.69, 9.17) is 4.74 Å². The molecule has 2 heterocycles. The maximum Gasteiger partial charge on any atom is 0.231 e. The molecular weight excluding hydrogens is 328 g/mol. The molecule has 0 saturated carbocycles. The van der Waals surface area contributed by atoms with Gasteiger partial charge in [0.2, 0.25) is 5.88 Å². The normalized spacial score (nSPS) is 14.4. The van der Waals surface area contributed by atoms with Crippen LogP contribution in [0.4, 0.5) is 0 Å². The van der Waals surface area contributed by atoms with Crippen LogP contribution in [0.5, 0.6) is 11.6 Å². The number of hydrogen-bond donors (Lipinski definition) is 0. The lowest BCUT2D eigenvalue weighted by molar-refractivity contribution is 0.468. The molecule has 3 nitrogen and oxygen atoms in total. The Balaban J connectivity index is 1.60. The highest BCUT2D eigenvalue weighted by molar-refractivity contribution is 7.18. The van der Waals surface area contributed by atoms with Gasteiger partial charge in [-0.2, -0.15) is 0 Å². The van der Waals surface area contributed by atoms with E-state index in [2.05, 4.69) is 40.3 Å². The van der Waals surface area contributed by atoms with Gasteiger partial charge in [-0.05, 0) is 54.2 Å². The Morgan fingerprint density at radius 3 is 2.72 bits per heavy atom. The van der Waals surface area contributed by atoms with Crippen LogP contribution >= 0.6 is 11.3 Å². The minimum absolute atomic E-state index is 0.694. The van der Waals surface area contributed by atoms with E-state index in [1.54, 1.807) is 6.33 Å². The van der Waals surface area contributed by atoms with E-state index in [0.717, 1.165) is 28.8 Å². The molecule has 0 spiro atoms. The van der Waals surface area contributed by atoms with E-state index < -0.39 is 0 Å². The van der Waals surface area contributed by atoms with E-state index >= 15 is 0 Å². The molecule has 124 valence electrons. The molecule has 0 bridgehead atoms. The zero-order valence-corrected chi connectivity index (χ0v) is 14.7. The first-order valence-electron chi connectivity index (χ1n) is 8.80. The number of fused-ring (bicyclic) bond motifs is 4. The molecule has 0 saturated heterocycles. The molecule has 0 N–H and O–H groups in total. The van der Waals surface area contributed by atoms with E-state index in [-0.39, 0.29) is 0 Å². The van der Waals surface area contributed by atoms with Gasteiger partial charge in [0.25, 0.3) is 0 Å². The number of benzene rings is 2. The van der Waals surface area contributed by atoms with Crippen LogP contribution in [-0.2, 0) is 12.8 Å². The number of ether oxygens (including phenoxy) is 1.